The third-order valence-corrected chi connectivity index (χ3v) is 3.20. The Morgan fingerprint density at radius 3 is 2.93 bits per heavy atom. The van der Waals surface area contributed by atoms with Crippen LogP contribution in [0, 0.1) is 5.92 Å². The topological polar surface area (TPSA) is 73.4 Å². The van der Waals surface area contributed by atoms with E-state index in [1.54, 1.807) is 10.3 Å². The average molecular weight is 228 g/mol. The van der Waals surface area contributed by atoms with Crippen molar-refractivity contribution in [2.75, 3.05) is 13.2 Å². The Kier molecular flexibility index (Phi) is 2.88. The lowest BCUT2D eigenvalue weighted by Crippen LogP contribution is -2.25. The van der Waals surface area contributed by atoms with Crippen LogP contribution in [0.1, 0.15) is 12.1 Å². The minimum Gasteiger partial charge on any atom is -0.396 e. The second kappa shape index (κ2) is 4.16. The first-order valence-corrected chi connectivity index (χ1v) is 5.62. The number of amides is 1. The van der Waals surface area contributed by atoms with Crippen molar-refractivity contribution in [3.8, 4) is 0 Å². The zero-order valence-electron chi connectivity index (χ0n) is 8.10. The number of H-pyrrole nitrogens is 1. The zero-order chi connectivity index (χ0) is 10.8. The van der Waals surface area contributed by atoms with Gasteiger partial charge in [-0.3, -0.25) is 9.59 Å². The van der Waals surface area contributed by atoms with Crippen LogP contribution < -0.4 is 4.87 Å². The minimum atomic E-state index is -0.102. The van der Waals surface area contributed by atoms with Gasteiger partial charge in [0.15, 0.2) is 0 Å². The molecule has 5 nitrogen and oxygen atoms in total. The number of carbonyl (C=O) groups is 1. The molecule has 0 aliphatic carbocycles. The van der Waals surface area contributed by atoms with E-state index in [1.807, 2.05) is 0 Å². The number of hydrogen-bond acceptors (Lipinski definition) is 4. The van der Waals surface area contributed by atoms with E-state index in [-0.39, 0.29) is 23.3 Å². The van der Waals surface area contributed by atoms with Crippen molar-refractivity contribution in [3.05, 3.63) is 20.7 Å². The summed E-state index contributed by atoms with van der Waals surface area (Å²) in [5, 5.41) is 10.7. The number of rotatable bonds is 3. The molecule has 1 aliphatic heterocycles. The molecule has 1 atom stereocenters. The predicted octanol–water partition coefficient (Wildman–Crippen LogP) is -0.223. The molecule has 15 heavy (non-hydrogen) atoms. The number of aliphatic hydroxyl groups excluding tert-OH is 1. The second-order valence-corrected chi connectivity index (χ2v) is 4.54. The van der Waals surface area contributed by atoms with E-state index < -0.39 is 0 Å². The van der Waals surface area contributed by atoms with Gasteiger partial charge in [-0.25, -0.2) is 0 Å². The molecule has 0 saturated carbocycles. The Morgan fingerprint density at radius 1 is 1.60 bits per heavy atom. The number of carbonyl (C=O) groups excluding carboxylic acids is 1. The Hall–Kier alpha value is -1.14. The average Bonchev–Trinajstić information content (AvgIpc) is 2.75. The van der Waals surface area contributed by atoms with Gasteiger partial charge in [-0.15, -0.1) is 0 Å². The molecule has 1 fully saturated rings. The number of hydrogen-bond donors (Lipinski definition) is 2. The van der Waals surface area contributed by atoms with Crippen molar-refractivity contribution in [2.45, 2.75) is 13.0 Å². The largest absolute Gasteiger partial charge is 0.396 e. The molecule has 1 saturated heterocycles. The van der Waals surface area contributed by atoms with Crippen LogP contribution >= 0.6 is 11.3 Å². The summed E-state index contributed by atoms with van der Waals surface area (Å²) in [4.78, 5) is 26.6. The van der Waals surface area contributed by atoms with E-state index in [0.29, 0.717) is 19.5 Å². The summed E-state index contributed by atoms with van der Waals surface area (Å²) in [7, 11) is 0. The number of aromatic nitrogens is 1. The highest BCUT2D eigenvalue weighted by molar-refractivity contribution is 7.07. The molecule has 1 aromatic rings. The van der Waals surface area contributed by atoms with E-state index >= 15 is 0 Å². The second-order valence-electron chi connectivity index (χ2n) is 3.70. The fourth-order valence-electron chi connectivity index (χ4n) is 1.73. The predicted molar refractivity (Wildman–Crippen MR) is 55.5 cm³/mol. The Labute approximate surface area is 90.4 Å². The van der Waals surface area contributed by atoms with Crippen molar-refractivity contribution in [1.29, 1.82) is 0 Å². The van der Waals surface area contributed by atoms with Gasteiger partial charge < -0.3 is 15.0 Å². The van der Waals surface area contributed by atoms with Gasteiger partial charge in [0.1, 0.15) is 0 Å². The van der Waals surface area contributed by atoms with Crippen LogP contribution in [-0.2, 0) is 11.3 Å². The summed E-state index contributed by atoms with van der Waals surface area (Å²) in [6.45, 7) is 1.06. The van der Waals surface area contributed by atoms with Gasteiger partial charge in [0.05, 0.1) is 6.54 Å². The quantitative estimate of drug-likeness (QED) is 0.751. The Bertz CT molecular complexity index is 411. The molecule has 2 rings (SSSR count). The van der Waals surface area contributed by atoms with Crippen LogP contribution in [0.25, 0.3) is 0 Å². The van der Waals surface area contributed by atoms with E-state index in [2.05, 4.69) is 4.98 Å². The highest BCUT2D eigenvalue weighted by Gasteiger charge is 2.28. The summed E-state index contributed by atoms with van der Waals surface area (Å²) in [5.74, 6) is 0.0870. The van der Waals surface area contributed by atoms with Crippen LogP contribution in [0.2, 0.25) is 0 Å². The maximum absolute atomic E-state index is 11.5. The van der Waals surface area contributed by atoms with E-state index in [9.17, 15) is 9.59 Å². The highest BCUT2D eigenvalue weighted by Crippen LogP contribution is 2.18. The molecule has 1 aliphatic rings. The van der Waals surface area contributed by atoms with Crippen LogP contribution in [-0.4, -0.2) is 34.0 Å². The maximum atomic E-state index is 11.5. The van der Waals surface area contributed by atoms with Crippen molar-refractivity contribution < 1.29 is 9.90 Å². The molecule has 2 N–H and O–H groups in total. The molecule has 82 valence electrons. The van der Waals surface area contributed by atoms with E-state index in [4.69, 9.17) is 5.11 Å². The first kappa shape index (κ1) is 10.4. The number of aliphatic hydroxyl groups is 1. The molecule has 1 amide bonds. The smallest absolute Gasteiger partial charge is 0.304 e. The number of nitrogens with one attached hydrogen (secondary N) is 1. The Morgan fingerprint density at radius 2 is 2.40 bits per heavy atom. The van der Waals surface area contributed by atoms with Crippen LogP contribution in [0.3, 0.4) is 0 Å². The van der Waals surface area contributed by atoms with Gasteiger partial charge >= 0.3 is 4.87 Å². The van der Waals surface area contributed by atoms with Gasteiger partial charge in [0.2, 0.25) is 5.91 Å². The summed E-state index contributed by atoms with van der Waals surface area (Å²) in [6, 6.07) is 0. The lowest BCUT2D eigenvalue weighted by molar-refractivity contribution is -0.128. The van der Waals surface area contributed by atoms with Crippen LogP contribution in [0.4, 0.5) is 0 Å². The van der Waals surface area contributed by atoms with E-state index in [1.165, 1.54) is 0 Å². The van der Waals surface area contributed by atoms with Crippen LogP contribution in [0.15, 0.2) is 10.2 Å². The third-order valence-electron chi connectivity index (χ3n) is 2.48. The van der Waals surface area contributed by atoms with Gasteiger partial charge in [-0.2, -0.15) is 0 Å². The summed E-state index contributed by atoms with van der Waals surface area (Å²) >= 11 is 1.10. The van der Waals surface area contributed by atoms with Crippen molar-refractivity contribution >= 4 is 17.2 Å². The van der Waals surface area contributed by atoms with Crippen LogP contribution in [0.5, 0.6) is 0 Å². The molecule has 6 heteroatoms. The lowest BCUT2D eigenvalue weighted by Gasteiger charge is -2.14. The number of nitrogens with zero attached hydrogens (tertiary/aromatic N) is 1. The molecule has 2 heterocycles. The Balaban J connectivity index is 2.01. The number of likely N-dealkylation sites (tertiary alicyclic amines) is 1. The van der Waals surface area contributed by atoms with Crippen molar-refractivity contribution in [2.24, 2.45) is 5.92 Å². The molecular weight excluding hydrogens is 216 g/mol. The normalized spacial score (nSPS) is 21.3. The monoisotopic (exact) mass is 228 g/mol. The number of thiazole rings is 1. The van der Waals surface area contributed by atoms with Gasteiger partial charge in [-0.1, -0.05) is 11.3 Å². The molecule has 0 aromatic carbocycles. The summed E-state index contributed by atoms with van der Waals surface area (Å²) < 4.78 is 0. The van der Waals surface area contributed by atoms with Gasteiger partial charge in [0.25, 0.3) is 0 Å². The fourth-order valence-corrected chi connectivity index (χ4v) is 2.30. The fraction of sp³-hybridized carbons (Fsp3) is 0.556. The van der Waals surface area contributed by atoms with Crippen molar-refractivity contribution in [3.63, 3.8) is 0 Å². The van der Waals surface area contributed by atoms with E-state index in [0.717, 1.165) is 17.0 Å². The molecular formula is C9H12N2O3S. The van der Waals surface area contributed by atoms with Crippen molar-refractivity contribution in [1.82, 2.24) is 9.88 Å². The lowest BCUT2D eigenvalue weighted by atomic mass is 10.1. The summed E-state index contributed by atoms with van der Waals surface area (Å²) in [5.41, 5.74) is 0.761. The molecule has 1 aromatic heterocycles. The highest BCUT2D eigenvalue weighted by atomic mass is 32.1. The molecule has 0 bridgehead atoms. The third kappa shape index (κ3) is 2.27. The molecule has 1 unspecified atom stereocenters. The summed E-state index contributed by atoms with van der Waals surface area (Å²) in [6.07, 6.45) is 0.408. The molecule has 0 radical (unpaired) electrons. The standard InChI is InChI=1S/C9H12N2O3S/c12-4-6-1-8(13)11(2-6)3-7-5-15-9(14)10-7/h5-6,12H,1-4H2,(H,10,14). The molecule has 0 spiro atoms. The van der Waals surface area contributed by atoms with Gasteiger partial charge in [0, 0.05) is 36.6 Å². The SMILES string of the molecule is O=C1CC(CO)CN1Cc1csc(=O)[nH]1. The minimum absolute atomic E-state index is 0.0427. The number of aromatic amines is 1. The first-order valence-electron chi connectivity index (χ1n) is 4.74. The maximum Gasteiger partial charge on any atom is 0.304 e. The zero-order valence-corrected chi connectivity index (χ0v) is 8.92. The van der Waals surface area contributed by atoms with Gasteiger partial charge in [-0.05, 0) is 0 Å². The first-order chi connectivity index (χ1) is 7.19.